The van der Waals surface area contributed by atoms with Gasteiger partial charge in [-0.15, -0.1) is 0 Å². The standard InChI is InChI=1S/C13H20O9/c1-8(14)10(16)3-4-11(17)20-5-6-21-12(18)7-22-13(19)9(2)15/h8-9,14-15H,3-7H2,1-2H3. The van der Waals surface area contributed by atoms with Crippen LogP contribution < -0.4 is 0 Å². The highest BCUT2D eigenvalue weighted by molar-refractivity contribution is 5.85. The van der Waals surface area contributed by atoms with Crippen molar-refractivity contribution in [2.45, 2.75) is 38.9 Å². The summed E-state index contributed by atoms with van der Waals surface area (Å²) < 4.78 is 13.7. The van der Waals surface area contributed by atoms with Crippen molar-refractivity contribution < 1.29 is 43.6 Å². The molecule has 0 aromatic carbocycles. The molecule has 2 unspecified atom stereocenters. The Morgan fingerprint density at radius 2 is 1.36 bits per heavy atom. The molecule has 0 heterocycles. The van der Waals surface area contributed by atoms with Gasteiger partial charge in [0, 0.05) is 6.42 Å². The largest absolute Gasteiger partial charge is 0.462 e. The Bertz CT molecular complexity index is 362. The first kappa shape index (κ1) is 20.0. The van der Waals surface area contributed by atoms with E-state index in [2.05, 4.69) is 14.2 Å². The Hall–Kier alpha value is -2.00. The fraction of sp³-hybridized carbons (Fsp3) is 0.692. The summed E-state index contributed by atoms with van der Waals surface area (Å²) in [5.41, 5.74) is 0. The summed E-state index contributed by atoms with van der Waals surface area (Å²) in [5.74, 6) is -2.94. The summed E-state index contributed by atoms with van der Waals surface area (Å²) in [6, 6.07) is 0. The van der Waals surface area contributed by atoms with Gasteiger partial charge in [0.25, 0.3) is 0 Å². The van der Waals surface area contributed by atoms with Gasteiger partial charge < -0.3 is 24.4 Å². The van der Waals surface area contributed by atoms with Gasteiger partial charge >= 0.3 is 17.9 Å². The molecule has 0 fully saturated rings. The number of hydrogen-bond donors (Lipinski definition) is 2. The number of ketones is 1. The maximum absolute atomic E-state index is 11.2. The first-order valence-electron chi connectivity index (χ1n) is 6.60. The quantitative estimate of drug-likeness (QED) is 0.286. The number of carbonyl (C=O) groups is 4. The van der Waals surface area contributed by atoms with Crippen LogP contribution in [0.2, 0.25) is 0 Å². The van der Waals surface area contributed by atoms with Crippen LogP contribution >= 0.6 is 0 Å². The summed E-state index contributed by atoms with van der Waals surface area (Å²) in [6.45, 7) is 1.40. The Balaban J connectivity index is 3.67. The Morgan fingerprint density at radius 1 is 0.818 bits per heavy atom. The van der Waals surface area contributed by atoms with Crippen LogP contribution in [0.4, 0.5) is 0 Å². The number of hydrogen-bond acceptors (Lipinski definition) is 9. The molecule has 22 heavy (non-hydrogen) atoms. The van der Waals surface area contributed by atoms with Gasteiger partial charge in [0.2, 0.25) is 0 Å². The van der Waals surface area contributed by atoms with Crippen LogP contribution in [0.1, 0.15) is 26.7 Å². The lowest BCUT2D eigenvalue weighted by Gasteiger charge is -2.08. The zero-order valence-corrected chi connectivity index (χ0v) is 12.4. The molecule has 0 aliphatic heterocycles. The van der Waals surface area contributed by atoms with E-state index in [0.717, 1.165) is 0 Å². The Morgan fingerprint density at radius 3 is 1.86 bits per heavy atom. The van der Waals surface area contributed by atoms with Gasteiger partial charge in [-0.05, 0) is 13.8 Å². The van der Waals surface area contributed by atoms with E-state index in [1.165, 1.54) is 13.8 Å². The molecule has 2 atom stereocenters. The molecule has 0 rings (SSSR count). The van der Waals surface area contributed by atoms with Crippen molar-refractivity contribution in [1.82, 2.24) is 0 Å². The van der Waals surface area contributed by atoms with Gasteiger partial charge in [-0.25, -0.2) is 9.59 Å². The second-order valence-corrected chi connectivity index (χ2v) is 4.37. The van der Waals surface area contributed by atoms with E-state index in [4.69, 9.17) is 10.2 Å². The molecule has 0 radical (unpaired) electrons. The average Bonchev–Trinajstić information content (AvgIpc) is 2.46. The molecule has 0 saturated carbocycles. The van der Waals surface area contributed by atoms with Crippen molar-refractivity contribution in [3.63, 3.8) is 0 Å². The van der Waals surface area contributed by atoms with E-state index in [9.17, 15) is 19.2 Å². The molecule has 0 amide bonds. The minimum absolute atomic E-state index is 0.133. The molecule has 126 valence electrons. The zero-order chi connectivity index (χ0) is 17.1. The second-order valence-electron chi connectivity index (χ2n) is 4.37. The highest BCUT2D eigenvalue weighted by Crippen LogP contribution is 1.98. The SMILES string of the molecule is CC(O)C(=O)CCC(=O)OCCOC(=O)COC(=O)C(C)O. The molecule has 2 N–H and O–H groups in total. The lowest BCUT2D eigenvalue weighted by molar-refractivity contribution is -0.165. The van der Waals surface area contributed by atoms with Crippen molar-refractivity contribution in [2.24, 2.45) is 0 Å². The highest BCUT2D eigenvalue weighted by atomic mass is 16.6. The molecule has 0 bridgehead atoms. The first-order chi connectivity index (χ1) is 10.2. The van der Waals surface area contributed by atoms with Crippen molar-refractivity contribution in [2.75, 3.05) is 19.8 Å². The number of aliphatic hydroxyl groups is 2. The van der Waals surface area contributed by atoms with Gasteiger partial charge in [-0.3, -0.25) is 9.59 Å². The highest BCUT2D eigenvalue weighted by Gasteiger charge is 2.14. The predicted molar refractivity (Wildman–Crippen MR) is 70.5 cm³/mol. The molecule has 9 heteroatoms. The van der Waals surface area contributed by atoms with Crippen LogP contribution in [0.5, 0.6) is 0 Å². The smallest absolute Gasteiger partial charge is 0.344 e. The molecule has 0 aliphatic rings. The summed E-state index contributed by atoms with van der Waals surface area (Å²) in [4.78, 5) is 44.2. The maximum atomic E-state index is 11.2. The van der Waals surface area contributed by atoms with Gasteiger partial charge in [-0.2, -0.15) is 0 Å². The molecule has 0 saturated heterocycles. The summed E-state index contributed by atoms with van der Waals surface area (Å²) in [6.07, 6.45) is -2.77. The number of rotatable bonds is 10. The van der Waals surface area contributed by atoms with Crippen LogP contribution in [0.15, 0.2) is 0 Å². The maximum Gasteiger partial charge on any atom is 0.344 e. The number of esters is 3. The van der Waals surface area contributed by atoms with Crippen LogP contribution in [0.3, 0.4) is 0 Å². The fourth-order valence-electron chi connectivity index (χ4n) is 1.11. The van der Waals surface area contributed by atoms with Crippen LogP contribution in [0, 0.1) is 0 Å². The van der Waals surface area contributed by atoms with Crippen molar-refractivity contribution >= 4 is 23.7 Å². The summed E-state index contributed by atoms with van der Waals surface area (Å²) >= 11 is 0. The topological polar surface area (TPSA) is 136 Å². The first-order valence-corrected chi connectivity index (χ1v) is 6.60. The van der Waals surface area contributed by atoms with Gasteiger partial charge in [0.15, 0.2) is 12.4 Å². The van der Waals surface area contributed by atoms with E-state index in [-0.39, 0.29) is 26.1 Å². The molecule has 0 aliphatic carbocycles. The second kappa shape index (κ2) is 10.7. The number of aliphatic hydroxyl groups excluding tert-OH is 2. The van der Waals surface area contributed by atoms with Crippen molar-refractivity contribution in [1.29, 1.82) is 0 Å². The molecule has 0 aromatic heterocycles. The normalized spacial score (nSPS) is 12.9. The monoisotopic (exact) mass is 320 g/mol. The molecule has 9 nitrogen and oxygen atoms in total. The number of Topliss-reactive ketones (excluding diaryl/α,β-unsaturated/α-hetero) is 1. The summed E-state index contributed by atoms with van der Waals surface area (Å²) in [7, 11) is 0. The summed E-state index contributed by atoms with van der Waals surface area (Å²) in [5, 5.41) is 17.7. The van der Waals surface area contributed by atoms with Gasteiger partial charge in [-0.1, -0.05) is 0 Å². The number of carbonyl (C=O) groups excluding carboxylic acids is 4. The Labute approximate surface area is 127 Å². The molecule has 0 spiro atoms. The van der Waals surface area contributed by atoms with Crippen LogP contribution in [-0.2, 0) is 33.4 Å². The van der Waals surface area contributed by atoms with Crippen molar-refractivity contribution in [3.05, 3.63) is 0 Å². The molecular weight excluding hydrogens is 300 g/mol. The van der Waals surface area contributed by atoms with E-state index in [0.29, 0.717) is 0 Å². The molecular formula is C13H20O9. The van der Waals surface area contributed by atoms with E-state index >= 15 is 0 Å². The lowest BCUT2D eigenvalue weighted by atomic mass is 10.1. The fourth-order valence-corrected chi connectivity index (χ4v) is 1.11. The van der Waals surface area contributed by atoms with Gasteiger partial charge in [0.1, 0.15) is 25.4 Å². The van der Waals surface area contributed by atoms with E-state index in [1.54, 1.807) is 0 Å². The third kappa shape index (κ3) is 9.83. The average molecular weight is 320 g/mol. The third-order valence-electron chi connectivity index (χ3n) is 2.32. The minimum Gasteiger partial charge on any atom is -0.462 e. The molecule has 0 aromatic rings. The third-order valence-corrected chi connectivity index (χ3v) is 2.32. The number of ether oxygens (including phenoxy) is 3. The van der Waals surface area contributed by atoms with Crippen LogP contribution in [-0.4, -0.2) is 65.9 Å². The van der Waals surface area contributed by atoms with Gasteiger partial charge in [0.05, 0.1) is 6.42 Å². The Kier molecular flexibility index (Phi) is 9.72. The lowest BCUT2D eigenvalue weighted by Crippen LogP contribution is -2.24. The van der Waals surface area contributed by atoms with E-state index in [1.807, 2.05) is 0 Å². The minimum atomic E-state index is -1.34. The van der Waals surface area contributed by atoms with Crippen LogP contribution in [0.25, 0.3) is 0 Å². The zero-order valence-electron chi connectivity index (χ0n) is 12.4. The van der Waals surface area contributed by atoms with E-state index < -0.39 is 42.5 Å². The van der Waals surface area contributed by atoms with Crippen molar-refractivity contribution in [3.8, 4) is 0 Å². The predicted octanol–water partition coefficient (Wildman–Crippen LogP) is -1.27.